The Bertz CT molecular complexity index is 355. The first-order valence-electron chi connectivity index (χ1n) is 5.71. The Morgan fingerprint density at radius 1 is 1.28 bits per heavy atom. The summed E-state index contributed by atoms with van der Waals surface area (Å²) in [6.45, 7) is 2.58. The molecule has 0 atom stereocenters. The zero-order valence-electron chi connectivity index (χ0n) is 10.7. The van der Waals surface area contributed by atoms with Gasteiger partial charge in [-0.2, -0.15) is 0 Å². The zero-order chi connectivity index (χ0) is 13.4. The van der Waals surface area contributed by atoms with E-state index in [0.717, 1.165) is 15.9 Å². The van der Waals surface area contributed by atoms with Crippen molar-refractivity contribution < 1.29 is 14.6 Å². The summed E-state index contributed by atoms with van der Waals surface area (Å²) in [5, 5.41) is 9.39. The van der Waals surface area contributed by atoms with Crippen LogP contribution in [0.25, 0.3) is 0 Å². The van der Waals surface area contributed by atoms with Crippen LogP contribution < -0.4 is 4.90 Å². The monoisotopic (exact) mass is 318 g/mol. The summed E-state index contributed by atoms with van der Waals surface area (Å²) in [4.78, 5) is 6.41. The number of methoxy groups -OCH3 is 2. The zero-order valence-corrected chi connectivity index (χ0v) is 12.3. The molecule has 1 aromatic heterocycles. The third-order valence-corrected chi connectivity index (χ3v) is 2.94. The molecule has 102 valence electrons. The summed E-state index contributed by atoms with van der Waals surface area (Å²) < 4.78 is 11.0. The van der Waals surface area contributed by atoms with Crippen LogP contribution in [-0.4, -0.2) is 50.6 Å². The number of nitrogens with zero attached hydrogens (tertiary/aromatic N) is 2. The predicted octanol–water partition coefficient (Wildman–Crippen LogP) is 1.44. The van der Waals surface area contributed by atoms with E-state index in [1.54, 1.807) is 20.4 Å². The van der Waals surface area contributed by atoms with Gasteiger partial charge in [-0.3, -0.25) is 0 Å². The van der Waals surface area contributed by atoms with Gasteiger partial charge in [-0.05, 0) is 22.0 Å². The van der Waals surface area contributed by atoms with Crippen molar-refractivity contribution in [3.05, 3.63) is 22.3 Å². The number of halogens is 1. The van der Waals surface area contributed by atoms with Gasteiger partial charge in [0.15, 0.2) is 0 Å². The van der Waals surface area contributed by atoms with E-state index < -0.39 is 0 Å². The Balaban J connectivity index is 2.88. The Kier molecular flexibility index (Phi) is 7.19. The first kappa shape index (κ1) is 15.4. The number of pyridine rings is 1. The van der Waals surface area contributed by atoms with Gasteiger partial charge in [-0.25, -0.2) is 4.98 Å². The minimum Gasteiger partial charge on any atom is -0.392 e. The van der Waals surface area contributed by atoms with E-state index in [1.165, 1.54) is 0 Å². The Morgan fingerprint density at radius 3 is 2.39 bits per heavy atom. The van der Waals surface area contributed by atoms with Crippen LogP contribution in [0.5, 0.6) is 0 Å². The first-order valence-corrected chi connectivity index (χ1v) is 6.50. The van der Waals surface area contributed by atoms with Gasteiger partial charge in [0.1, 0.15) is 5.82 Å². The summed E-state index contributed by atoms with van der Waals surface area (Å²) in [5.41, 5.74) is 0.789. The fourth-order valence-electron chi connectivity index (χ4n) is 1.60. The number of aromatic nitrogens is 1. The summed E-state index contributed by atoms with van der Waals surface area (Å²) >= 11 is 3.35. The maximum absolute atomic E-state index is 9.39. The van der Waals surface area contributed by atoms with Gasteiger partial charge in [0.2, 0.25) is 0 Å². The van der Waals surface area contributed by atoms with Crippen molar-refractivity contribution in [1.29, 1.82) is 0 Å². The minimum absolute atomic E-state index is 0.0434. The number of hydrogen-bond donors (Lipinski definition) is 1. The van der Waals surface area contributed by atoms with E-state index in [9.17, 15) is 5.11 Å². The van der Waals surface area contributed by atoms with E-state index in [1.807, 2.05) is 11.0 Å². The van der Waals surface area contributed by atoms with Gasteiger partial charge in [0.05, 0.1) is 19.8 Å². The van der Waals surface area contributed by atoms with Gasteiger partial charge < -0.3 is 19.5 Å². The maximum Gasteiger partial charge on any atom is 0.134 e. The smallest absolute Gasteiger partial charge is 0.134 e. The van der Waals surface area contributed by atoms with Crippen molar-refractivity contribution >= 4 is 21.7 Å². The summed E-state index contributed by atoms with van der Waals surface area (Å²) in [7, 11) is 3.33. The minimum atomic E-state index is -0.0434. The van der Waals surface area contributed by atoms with Gasteiger partial charge in [-0.1, -0.05) is 0 Å². The average Bonchev–Trinajstić information content (AvgIpc) is 2.39. The van der Waals surface area contributed by atoms with Crippen LogP contribution in [0, 0.1) is 0 Å². The Morgan fingerprint density at radius 2 is 1.89 bits per heavy atom. The van der Waals surface area contributed by atoms with Crippen molar-refractivity contribution in [2.75, 3.05) is 45.4 Å². The highest BCUT2D eigenvalue weighted by atomic mass is 79.9. The molecule has 0 aliphatic carbocycles. The van der Waals surface area contributed by atoms with Crippen LogP contribution >= 0.6 is 15.9 Å². The second kappa shape index (κ2) is 8.42. The molecule has 0 unspecified atom stereocenters. The maximum atomic E-state index is 9.39. The molecule has 6 heteroatoms. The highest BCUT2D eigenvalue weighted by molar-refractivity contribution is 9.10. The molecular formula is C12H19BrN2O3. The largest absolute Gasteiger partial charge is 0.392 e. The van der Waals surface area contributed by atoms with Crippen LogP contribution in [0.4, 0.5) is 5.82 Å². The van der Waals surface area contributed by atoms with Crippen LogP contribution in [0.3, 0.4) is 0 Å². The molecule has 0 aliphatic rings. The van der Waals surface area contributed by atoms with Crippen molar-refractivity contribution in [2.45, 2.75) is 6.61 Å². The lowest BCUT2D eigenvalue weighted by molar-refractivity contribution is 0.189. The van der Waals surface area contributed by atoms with E-state index in [2.05, 4.69) is 20.9 Å². The van der Waals surface area contributed by atoms with Gasteiger partial charge >= 0.3 is 0 Å². The molecule has 1 aromatic rings. The number of hydrogen-bond acceptors (Lipinski definition) is 5. The molecule has 5 nitrogen and oxygen atoms in total. The molecule has 0 bridgehead atoms. The Hall–Kier alpha value is -0.690. The topological polar surface area (TPSA) is 54.8 Å². The molecule has 1 N–H and O–H groups in total. The standard InChI is InChI=1S/C12H19BrN2O3/c1-17-5-3-15(4-6-18-2)12-10(9-16)7-11(13)8-14-12/h7-8,16H,3-6,9H2,1-2H3. The van der Waals surface area contributed by atoms with Crippen LogP contribution in [0.15, 0.2) is 16.7 Å². The SMILES string of the molecule is COCCN(CCOC)c1ncc(Br)cc1CO. The fourth-order valence-corrected chi connectivity index (χ4v) is 1.98. The summed E-state index contributed by atoms with van der Waals surface area (Å²) in [5.74, 6) is 0.773. The van der Waals surface area contributed by atoms with Gasteiger partial charge in [-0.15, -0.1) is 0 Å². The Labute approximate surface area is 116 Å². The number of ether oxygens (including phenoxy) is 2. The van der Waals surface area contributed by atoms with E-state index in [0.29, 0.717) is 26.3 Å². The van der Waals surface area contributed by atoms with Crippen LogP contribution in [0.1, 0.15) is 5.56 Å². The molecule has 1 rings (SSSR count). The van der Waals surface area contributed by atoms with Crippen LogP contribution in [0.2, 0.25) is 0 Å². The number of aliphatic hydroxyl groups is 1. The molecule has 1 heterocycles. The normalized spacial score (nSPS) is 10.7. The van der Waals surface area contributed by atoms with Crippen molar-refractivity contribution in [1.82, 2.24) is 4.98 Å². The van der Waals surface area contributed by atoms with Crippen molar-refractivity contribution in [3.8, 4) is 0 Å². The highest BCUT2D eigenvalue weighted by Gasteiger charge is 2.12. The van der Waals surface area contributed by atoms with Crippen molar-refractivity contribution in [3.63, 3.8) is 0 Å². The van der Waals surface area contributed by atoms with Crippen molar-refractivity contribution in [2.24, 2.45) is 0 Å². The van der Waals surface area contributed by atoms with Gasteiger partial charge in [0, 0.05) is 43.5 Å². The summed E-state index contributed by atoms with van der Waals surface area (Å²) in [6.07, 6.45) is 1.72. The average molecular weight is 319 g/mol. The quantitative estimate of drug-likeness (QED) is 0.786. The lowest BCUT2D eigenvalue weighted by Crippen LogP contribution is -2.32. The fraction of sp³-hybridized carbons (Fsp3) is 0.583. The first-order chi connectivity index (χ1) is 8.72. The lowest BCUT2D eigenvalue weighted by atomic mass is 10.2. The van der Waals surface area contributed by atoms with E-state index >= 15 is 0 Å². The van der Waals surface area contributed by atoms with E-state index in [4.69, 9.17) is 9.47 Å². The molecule has 0 saturated carbocycles. The molecular weight excluding hydrogens is 300 g/mol. The molecule has 18 heavy (non-hydrogen) atoms. The van der Waals surface area contributed by atoms with E-state index in [-0.39, 0.29) is 6.61 Å². The third-order valence-electron chi connectivity index (χ3n) is 2.51. The van der Waals surface area contributed by atoms with Crippen LogP contribution in [-0.2, 0) is 16.1 Å². The second-order valence-corrected chi connectivity index (χ2v) is 4.68. The predicted molar refractivity (Wildman–Crippen MR) is 73.8 cm³/mol. The summed E-state index contributed by atoms with van der Waals surface area (Å²) in [6, 6.07) is 1.87. The molecule has 0 radical (unpaired) electrons. The molecule has 0 aliphatic heterocycles. The number of anilines is 1. The molecule has 0 spiro atoms. The second-order valence-electron chi connectivity index (χ2n) is 3.77. The molecule has 0 saturated heterocycles. The highest BCUT2D eigenvalue weighted by Crippen LogP contribution is 2.21. The van der Waals surface area contributed by atoms with Gasteiger partial charge in [0.25, 0.3) is 0 Å². The third kappa shape index (κ3) is 4.53. The number of rotatable bonds is 8. The molecule has 0 amide bonds. The molecule has 0 fully saturated rings. The molecule has 0 aromatic carbocycles. The lowest BCUT2D eigenvalue weighted by Gasteiger charge is -2.25. The number of aliphatic hydroxyl groups excluding tert-OH is 1.